The Hall–Kier alpha value is -0.120. The van der Waals surface area contributed by atoms with Crippen molar-refractivity contribution in [3.05, 3.63) is 0 Å². The molecule has 2 saturated heterocycles. The number of hydrogen-bond donors (Lipinski definition) is 1. The van der Waals surface area contributed by atoms with Crippen LogP contribution in [0.3, 0.4) is 0 Å². The fourth-order valence-electron chi connectivity index (χ4n) is 3.06. The van der Waals surface area contributed by atoms with Gasteiger partial charge in [0.15, 0.2) is 0 Å². The van der Waals surface area contributed by atoms with Crippen LogP contribution in [0.1, 0.15) is 52.9 Å². The van der Waals surface area contributed by atoms with Crippen LogP contribution >= 0.6 is 0 Å². The second kappa shape index (κ2) is 7.05. The Morgan fingerprint density at radius 3 is 2.42 bits per heavy atom. The normalized spacial score (nSPS) is 27.6. The topological polar surface area (TPSA) is 24.5 Å². The number of nitrogens with one attached hydrogen (secondary N) is 1. The van der Waals surface area contributed by atoms with Crippen LogP contribution < -0.4 is 5.32 Å². The summed E-state index contributed by atoms with van der Waals surface area (Å²) in [5.74, 6) is 0.864. The van der Waals surface area contributed by atoms with Gasteiger partial charge in [0.1, 0.15) is 0 Å². The maximum Gasteiger partial charge on any atom is 0.0702 e. The summed E-state index contributed by atoms with van der Waals surface area (Å²) in [4.78, 5) is 2.61. The summed E-state index contributed by atoms with van der Waals surface area (Å²) in [5, 5.41) is 3.64. The molecule has 1 N–H and O–H groups in total. The first-order valence-corrected chi connectivity index (χ1v) is 8.12. The van der Waals surface area contributed by atoms with Crippen molar-refractivity contribution in [1.29, 1.82) is 0 Å². The van der Waals surface area contributed by atoms with Crippen molar-refractivity contribution in [2.45, 2.75) is 64.5 Å². The first-order chi connectivity index (χ1) is 9.03. The molecule has 0 aromatic carbocycles. The van der Waals surface area contributed by atoms with Crippen molar-refractivity contribution in [1.82, 2.24) is 10.2 Å². The van der Waals surface area contributed by atoms with Crippen LogP contribution in [0.5, 0.6) is 0 Å². The molecule has 0 aromatic heterocycles. The molecule has 2 rings (SSSR count). The van der Waals surface area contributed by atoms with Crippen molar-refractivity contribution < 1.29 is 4.74 Å². The molecule has 0 spiro atoms. The second-order valence-corrected chi connectivity index (χ2v) is 7.36. The average Bonchev–Trinajstić information content (AvgIpc) is 2.38. The Morgan fingerprint density at radius 1 is 1.11 bits per heavy atom. The minimum atomic E-state index is 0.257. The van der Waals surface area contributed by atoms with Crippen LogP contribution in [0.2, 0.25) is 0 Å². The van der Waals surface area contributed by atoms with Gasteiger partial charge in [-0.1, -0.05) is 0 Å². The molecule has 0 aromatic rings. The fourth-order valence-corrected chi connectivity index (χ4v) is 3.06. The quantitative estimate of drug-likeness (QED) is 0.848. The number of nitrogens with zero attached hydrogens (tertiary/aromatic N) is 1. The van der Waals surface area contributed by atoms with Crippen molar-refractivity contribution in [3.63, 3.8) is 0 Å². The van der Waals surface area contributed by atoms with Gasteiger partial charge in [0.25, 0.3) is 0 Å². The molecule has 1 unspecified atom stereocenters. The highest BCUT2D eigenvalue weighted by molar-refractivity contribution is 4.79. The van der Waals surface area contributed by atoms with Gasteiger partial charge in [0.05, 0.1) is 6.10 Å². The largest absolute Gasteiger partial charge is 0.377 e. The standard InChI is InChI=1S/C16H32N2O/c1-16(2,3)17-12-14-7-9-18(10-8-14)13-15-6-4-5-11-19-15/h14-15,17H,4-13H2,1-3H3. The summed E-state index contributed by atoms with van der Waals surface area (Å²) in [5.41, 5.74) is 0.257. The minimum absolute atomic E-state index is 0.257. The summed E-state index contributed by atoms with van der Waals surface area (Å²) in [7, 11) is 0. The van der Waals surface area contributed by atoms with Gasteiger partial charge in [-0.2, -0.15) is 0 Å². The van der Waals surface area contributed by atoms with Crippen LogP contribution in [0.4, 0.5) is 0 Å². The van der Waals surface area contributed by atoms with Gasteiger partial charge in [0.2, 0.25) is 0 Å². The molecule has 3 heteroatoms. The van der Waals surface area contributed by atoms with Gasteiger partial charge in [-0.25, -0.2) is 0 Å². The molecule has 2 fully saturated rings. The molecule has 2 aliphatic heterocycles. The number of hydrogen-bond acceptors (Lipinski definition) is 3. The lowest BCUT2D eigenvalue weighted by Crippen LogP contribution is -2.44. The van der Waals surface area contributed by atoms with Gasteiger partial charge in [0, 0.05) is 18.7 Å². The second-order valence-electron chi connectivity index (χ2n) is 7.36. The van der Waals surface area contributed by atoms with Crippen molar-refractivity contribution >= 4 is 0 Å². The van der Waals surface area contributed by atoms with Gasteiger partial charge >= 0.3 is 0 Å². The van der Waals surface area contributed by atoms with Crippen molar-refractivity contribution in [2.75, 3.05) is 32.8 Å². The summed E-state index contributed by atoms with van der Waals surface area (Å²) in [6.45, 7) is 12.6. The smallest absolute Gasteiger partial charge is 0.0702 e. The van der Waals surface area contributed by atoms with Crippen LogP contribution in [-0.4, -0.2) is 49.3 Å². The van der Waals surface area contributed by atoms with E-state index >= 15 is 0 Å². The van der Waals surface area contributed by atoms with Crippen LogP contribution in [0.15, 0.2) is 0 Å². The Labute approximate surface area is 119 Å². The molecule has 19 heavy (non-hydrogen) atoms. The summed E-state index contributed by atoms with van der Waals surface area (Å²) in [6, 6.07) is 0. The Kier molecular flexibility index (Phi) is 5.67. The highest BCUT2D eigenvalue weighted by Gasteiger charge is 2.23. The predicted molar refractivity (Wildman–Crippen MR) is 80.5 cm³/mol. The summed E-state index contributed by atoms with van der Waals surface area (Å²) >= 11 is 0. The van der Waals surface area contributed by atoms with Gasteiger partial charge < -0.3 is 15.0 Å². The monoisotopic (exact) mass is 268 g/mol. The summed E-state index contributed by atoms with van der Waals surface area (Å²) in [6.07, 6.45) is 7.09. The zero-order chi connectivity index (χ0) is 13.7. The third kappa shape index (κ3) is 5.80. The fraction of sp³-hybridized carbons (Fsp3) is 1.00. The molecular formula is C16H32N2O. The molecule has 0 amide bonds. The van der Waals surface area contributed by atoms with Crippen LogP contribution in [-0.2, 0) is 4.74 Å². The van der Waals surface area contributed by atoms with Crippen LogP contribution in [0.25, 0.3) is 0 Å². The van der Waals surface area contributed by atoms with E-state index in [1.807, 2.05) is 0 Å². The number of likely N-dealkylation sites (tertiary alicyclic amines) is 1. The number of rotatable bonds is 4. The van der Waals surface area contributed by atoms with E-state index in [-0.39, 0.29) is 5.54 Å². The van der Waals surface area contributed by atoms with Crippen molar-refractivity contribution in [2.24, 2.45) is 5.92 Å². The lowest BCUT2D eigenvalue weighted by atomic mass is 9.95. The Bertz CT molecular complexity index is 248. The maximum atomic E-state index is 5.85. The first-order valence-electron chi connectivity index (χ1n) is 8.12. The number of ether oxygens (including phenoxy) is 1. The first kappa shape index (κ1) is 15.3. The zero-order valence-electron chi connectivity index (χ0n) is 13.1. The Morgan fingerprint density at radius 2 is 1.84 bits per heavy atom. The zero-order valence-corrected chi connectivity index (χ0v) is 13.1. The molecular weight excluding hydrogens is 236 g/mol. The van der Waals surface area contributed by atoms with E-state index in [0.717, 1.165) is 12.5 Å². The van der Waals surface area contributed by atoms with E-state index in [9.17, 15) is 0 Å². The third-order valence-corrected chi connectivity index (χ3v) is 4.36. The molecule has 0 bridgehead atoms. The van der Waals surface area contributed by atoms with E-state index in [1.54, 1.807) is 0 Å². The van der Waals surface area contributed by atoms with E-state index < -0.39 is 0 Å². The molecule has 2 aliphatic rings. The molecule has 0 saturated carbocycles. The maximum absolute atomic E-state index is 5.85. The van der Waals surface area contributed by atoms with Gasteiger partial charge in [-0.05, 0) is 78.4 Å². The van der Waals surface area contributed by atoms with E-state index in [4.69, 9.17) is 4.74 Å². The lowest BCUT2D eigenvalue weighted by molar-refractivity contribution is -0.0113. The Balaban J connectivity index is 1.62. The van der Waals surface area contributed by atoms with Gasteiger partial charge in [-0.3, -0.25) is 0 Å². The van der Waals surface area contributed by atoms with Crippen molar-refractivity contribution in [3.8, 4) is 0 Å². The highest BCUT2D eigenvalue weighted by atomic mass is 16.5. The number of piperidine rings is 1. The van der Waals surface area contributed by atoms with E-state index in [1.165, 1.54) is 58.3 Å². The average molecular weight is 268 g/mol. The molecule has 112 valence electrons. The highest BCUT2D eigenvalue weighted by Crippen LogP contribution is 2.20. The predicted octanol–water partition coefficient (Wildman–Crippen LogP) is 2.66. The molecule has 2 heterocycles. The minimum Gasteiger partial charge on any atom is -0.377 e. The third-order valence-electron chi connectivity index (χ3n) is 4.36. The molecule has 3 nitrogen and oxygen atoms in total. The molecule has 0 aliphatic carbocycles. The molecule has 1 atom stereocenters. The SMILES string of the molecule is CC(C)(C)NCC1CCN(CC2CCCCO2)CC1. The van der Waals surface area contributed by atoms with Crippen LogP contribution in [0, 0.1) is 5.92 Å². The molecule has 0 radical (unpaired) electrons. The summed E-state index contributed by atoms with van der Waals surface area (Å²) < 4.78 is 5.85. The van der Waals surface area contributed by atoms with E-state index in [0.29, 0.717) is 6.10 Å². The lowest BCUT2D eigenvalue weighted by Gasteiger charge is -2.36. The van der Waals surface area contributed by atoms with Gasteiger partial charge in [-0.15, -0.1) is 0 Å². The van der Waals surface area contributed by atoms with E-state index in [2.05, 4.69) is 31.0 Å².